The molecule has 7 nitrogen and oxygen atoms in total. The second-order valence-electron chi connectivity index (χ2n) is 6.60. The van der Waals surface area contributed by atoms with Crippen LogP contribution < -0.4 is 10.9 Å². The molecule has 146 valence electrons. The molecule has 29 heavy (non-hydrogen) atoms. The summed E-state index contributed by atoms with van der Waals surface area (Å²) in [6.07, 6.45) is 5.15. The first-order valence-corrected chi connectivity index (χ1v) is 10.1. The maximum atomic E-state index is 12.6. The van der Waals surface area contributed by atoms with E-state index < -0.39 is 0 Å². The van der Waals surface area contributed by atoms with Gasteiger partial charge in [-0.2, -0.15) is 0 Å². The molecule has 0 aliphatic carbocycles. The zero-order valence-corrected chi connectivity index (χ0v) is 16.6. The van der Waals surface area contributed by atoms with E-state index in [1.807, 2.05) is 36.6 Å². The van der Waals surface area contributed by atoms with Crippen molar-refractivity contribution >= 4 is 28.1 Å². The molecule has 0 aliphatic heterocycles. The maximum absolute atomic E-state index is 12.6. The van der Waals surface area contributed by atoms with E-state index in [1.54, 1.807) is 18.5 Å². The molecule has 0 unspecified atom stereocenters. The fourth-order valence-electron chi connectivity index (χ4n) is 3.03. The van der Waals surface area contributed by atoms with Gasteiger partial charge >= 0.3 is 0 Å². The number of benzene rings is 1. The SMILES string of the molecule is Cc1cccc2c(=O)n(CCC(=O)NCc3nc(-c4ccncc4)cs3)cnc12. The normalized spacial score (nSPS) is 10.9. The Morgan fingerprint density at radius 3 is 2.86 bits per heavy atom. The molecular weight excluding hydrogens is 386 g/mol. The Balaban J connectivity index is 1.35. The molecule has 0 saturated carbocycles. The lowest BCUT2D eigenvalue weighted by Crippen LogP contribution is -2.27. The highest BCUT2D eigenvalue weighted by Crippen LogP contribution is 2.20. The highest BCUT2D eigenvalue weighted by molar-refractivity contribution is 7.09. The Bertz CT molecular complexity index is 1220. The number of carbonyl (C=O) groups excluding carboxylic acids is 1. The number of hydrogen-bond acceptors (Lipinski definition) is 6. The Hall–Kier alpha value is -3.39. The summed E-state index contributed by atoms with van der Waals surface area (Å²) < 4.78 is 1.48. The monoisotopic (exact) mass is 405 g/mol. The van der Waals surface area contributed by atoms with Crippen LogP contribution in [0.4, 0.5) is 0 Å². The molecule has 0 aliphatic rings. The number of carbonyl (C=O) groups is 1. The molecule has 4 rings (SSSR count). The molecule has 1 N–H and O–H groups in total. The molecule has 1 aromatic carbocycles. The van der Waals surface area contributed by atoms with Crippen LogP contribution in [0.3, 0.4) is 0 Å². The highest BCUT2D eigenvalue weighted by Gasteiger charge is 2.09. The summed E-state index contributed by atoms with van der Waals surface area (Å²) in [5.41, 5.74) is 3.39. The molecule has 0 spiro atoms. The van der Waals surface area contributed by atoms with Gasteiger partial charge in [-0.05, 0) is 30.7 Å². The lowest BCUT2D eigenvalue weighted by molar-refractivity contribution is -0.121. The van der Waals surface area contributed by atoms with Gasteiger partial charge in [-0.15, -0.1) is 11.3 Å². The minimum absolute atomic E-state index is 0.131. The van der Waals surface area contributed by atoms with Crippen LogP contribution in [0.25, 0.3) is 22.2 Å². The number of para-hydroxylation sites is 1. The highest BCUT2D eigenvalue weighted by atomic mass is 32.1. The van der Waals surface area contributed by atoms with Crippen LogP contribution in [0.15, 0.2) is 59.2 Å². The van der Waals surface area contributed by atoms with Crippen molar-refractivity contribution in [2.45, 2.75) is 26.4 Å². The van der Waals surface area contributed by atoms with Crippen LogP contribution in [-0.4, -0.2) is 25.4 Å². The zero-order chi connectivity index (χ0) is 20.2. The number of aryl methyl sites for hydroxylation is 2. The Kier molecular flexibility index (Phi) is 5.44. The maximum Gasteiger partial charge on any atom is 0.261 e. The molecule has 3 aromatic heterocycles. The van der Waals surface area contributed by atoms with Crippen molar-refractivity contribution in [1.82, 2.24) is 24.8 Å². The van der Waals surface area contributed by atoms with Crippen molar-refractivity contribution < 1.29 is 4.79 Å². The van der Waals surface area contributed by atoms with Crippen LogP contribution in [0, 0.1) is 6.92 Å². The Morgan fingerprint density at radius 1 is 1.21 bits per heavy atom. The van der Waals surface area contributed by atoms with Crippen molar-refractivity contribution in [2.75, 3.05) is 0 Å². The van der Waals surface area contributed by atoms with Crippen molar-refractivity contribution in [3.63, 3.8) is 0 Å². The van der Waals surface area contributed by atoms with Gasteiger partial charge in [0.1, 0.15) is 5.01 Å². The van der Waals surface area contributed by atoms with Gasteiger partial charge in [0.05, 0.1) is 29.5 Å². The molecule has 4 aromatic rings. The number of nitrogens with one attached hydrogen (secondary N) is 1. The molecule has 0 bridgehead atoms. The van der Waals surface area contributed by atoms with Crippen molar-refractivity contribution in [3.05, 3.63) is 75.4 Å². The molecule has 3 heterocycles. The molecule has 0 radical (unpaired) electrons. The first-order chi connectivity index (χ1) is 14.1. The summed E-state index contributed by atoms with van der Waals surface area (Å²) in [6.45, 7) is 2.56. The van der Waals surface area contributed by atoms with Crippen LogP contribution in [-0.2, 0) is 17.9 Å². The number of fused-ring (bicyclic) bond motifs is 1. The molecular formula is C21H19N5O2S. The third kappa shape index (κ3) is 4.22. The molecule has 1 amide bonds. The third-order valence-corrected chi connectivity index (χ3v) is 5.45. The van der Waals surface area contributed by atoms with Crippen LogP contribution in [0.5, 0.6) is 0 Å². The van der Waals surface area contributed by atoms with Gasteiger partial charge in [0, 0.05) is 36.3 Å². The van der Waals surface area contributed by atoms with Gasteiger partial charge in [-0.25, -0.2) is 9.97 Å². The lowest BCUT2D eigenvalue weighted by atomic mass is 10.1. The summed E-state index contributed by atoms with van der Waals surface area (Å²) in [6, 6.07) is 9.32. The minimum atomic E-state index is -0.137. The number of nitrogens with zero attached hydrogens (tertiary/aromatic N) is 4. The summed E-state index contributed by atoms with van der Waals surface area (Å²) in [7, 11) is 0. The average molecular weight is 405 g/mol. The fourth-order valence-corrected chi connectivity index (χ4v) is 3.77. The van der Waals surface area contributed by atoms with E-state index >= 15 is 0 Å². The molecule has 0 fully saturated rings. The third-order valence-electron chi connectivity index (χ3n) is 4.60. The van der Waals surface area contributed by atoms with Crippen LogP contribution >= 0.6 is 11.3 Å². The first-order valence-electron chi connectivity index (χ1n) is 9.18. The predicted octanol–water partition coefficient (Wildman–Crippen LogP) is 2.93. The second-order valence-corrected chi connectivity index (χ2v) is 7.55. The van der Waals surface area contributed by atoms with Crippen molar-refractivity contribution in [3.8, 4) is 11.3 Å². The smallest absolute Gasteiger partial charge is 0.261 e. The summed E-state index contributed by atoms with van der Waals surface area (Å²) in [5, 5.41) is 6.21. The molecule has 0 saturated heterocycles. The van der Waals surface area contributed by atoms with Gasteiger partial charge in [0.2, 0.25) is 5.91 Å². The standard InChI is InChI=1S/C21H19N5O2S/c1-14-3-2-4-16-20(14)24-13-26(21(16)28)10-7-18(27)23-11-19-25-17(12-29-19)15-5-8-22-9-6-15/h2-6,8-9,12-13H,7,10-11H2,1H3,(H,23,27). The van der Waals surface area contributed by atoms with E-state index in [1.165, 1.54) is 22.2 Å². The summed E-state index contributed by atoms with van der Waals surface area (Å²) in [5.74, 6) is -0.137. The summed E-state index contributed by atoms with van der Waals surface area (Å²) in [4.78, 5) is 37.7. The average Bonchev–Trinajstić information content (AvgIpc) is 3.22. The number of rotatable bonds is 6. The van der Waals surface area contributed by atoms with Gasteiger partial charge in [0.25, 0.3) is 5.56 Å². The van der Waals surface area contributed by atoms with Crippen molar-refractivity contribution in [2.24, 2.45) is 0 Å². The zero-order valence-electron chi connectivity index (χ0n) is 15.8. The van der Waals surface area contributed by atoms with E-state index in [0.717, 1.165) is 21.8 Å². The predicted molar refractivity (Wildman–Crippen MR) is 113 cm³/mol. The molecule has 0 atom stereocenters. The van der Waals surface area contributed by atoms with E-state index in [9.17, 15) is 9.59 Å². The van der Waals surface area contributed by atoms with E-state index in [2.05, 4.69) is 20.3 Å². The van der Waals surface area contributed by atoms with Crippen LogP contribution in [0.1, 0.15) is 17.0 Å². The molecule has 8 heteroatoms. The first kappa shape index (κ1) is 18.9. The van der Waals surface area contributed by atoms with Gasteiger partial charge in [-0.1, -0.05) is 12.1 Å². The number of thiazole rings is 1. The Morgan fingerprint density at radius 2 is 2.03 bits per heavy atom. The van der Waals surface area contributed by atoms with Gasteiger partial charge in [0.15, 0.2) is 0 Å². The number of hydrogen-bond donors (Lipinski definition) is 1. The van der Waals surface area contributed by atoms with E-state index in [4.69, 9.17) is 0 Å². The van der Waals surface area contributed by atoms with E-state index in [-0.39, 0.29) is 24.4 Å². The van der Waals surface area contributed by atoms with Crippen LogP contribution in [0.2, 0.25) is 0 Å². The number of pyridine rings is 1. The summed E-state index contributed by atoms with van der Waals surface area (Å²) >= 11 is 1.49. The van der Waals surface area contributed by atoms with Gasteiger partial charge < -0.3 is 5.32 Å². The number of amides is 1. The minimum Gasteiger partial charge on any atom is -0.350 e. The largest absolute Gasteiger partial charge is 0.350 e. The van der Waals surface area contributed by atoms with E-state index in [0.29, 0.717) is 17.4 Å². The topological polar surface area (TPSA) is 89.8 Å². The van der Waals surface area contributed by atoms with Gasteiger partial charge in [-0.3, -0.25) is 19.1 Å². The lowest BCUT2D eigenvalue weighted by Gasteiger charge is -2.08. The second kappa shape index (κ2) is 8.32. The number of aromatic nitrogens is 4. The quantitative estimate of drug-likeness (QED) is 0.533. The Labute approximate surface area is 171 Å². The fraction of sp³-hybridized carbons (Fsp3) is 0.190. The van der Waals surface area contributed by atoms with Crippen molar-refractivity contribution in [1.29, 1.82) is 0 Å².